The summed E-state index contributed by atoms with van der Waals surface area (Å²) in [7, 11) is 1.31. The van der Waals surface area contributed by atoms with E-state index in [-0.39, 0.29) is 12.1 Å². The standard InChI is InChI=1S/C11H14O5/c1-3-15-8-5-9-7(10(12)14-2)4-6(8)11(13)16-9/h4,6,8-9H,3,5H2,1-2H3/t6-,8-,9-/m0/s1. The molecule has 0 radical (unpaired) electrons. The van der Waals surface area contributed by atoms with Gasteiger partial charge in [-0.2, -0.15) is 0 Å². The Bertz CT molecular complexity index is 346. The Morgan fingerprint density at radius 2 is 2.38 bits per heavy atom. The van der Waals surface area contributed by atoms with Gasteiger partial charge in [0.1, 0.15) is 12.0 Å². The molecule has 1 saturated heterocycles. The van der Waals surface area contributed by atoms with Crippen LogP contribution in [0.2, 0.25) is 0 Å². The maximum absolute atomic E-state index is 11.5. The van der Waals surface area contributed by atoms with Gasteiger partial charge in [-0.1, -0.05) is 6.08 Å². The van der Waals surface area contributed by atoms with E-state index in [9.17, 15) is 9.59 Å². The molecule has 0 aromatic rings. The fourth-order valence-corrected chi connectivity index (χ4v) is 2.15. The molecule has 2 aliphatic heterocycles. The van der Waals surface area contributed by atoms with Crippen LogP contribution in [0.5, 0.6) is 0 Å². The van der Waals surface area contributed by atoms with Crippen LogP contribution in [-0.4, -0.2) is 37.9 Å². The SMILES string of the molecule is CCO[C@H]1C[C@@H]2OC(=O)[C@H]1C=C2C(=O)OC. The van der Waals surface area contributed by atoms with Gasteiger partial charge in [-0.3, -0.25) is 4.79 Å². The molecule has 88 valence electrons. The van der Waals surface area contributed by atoms with Crippen molar-refractivity contribution >= 4 is 11.9 Å². The third-order valence-electron chi connectivity index (χ3n) is 2.89. The first-order chi connectivity index (χ1) is 7.67. The molecule has 1 aliphatic carbocycles. The largest absolute Gasteiger partial charge is 0.466 e. The minimum Gasteiger partial charge on any atom is -0.466 e. The third kappa shape index (κ3) is 1.71. The lowest BCUT2D eigenvalue weighted by atomic mass is 9.82. The Hall–Kier alpha value is -1.36. The normalized spacial score (nSPS) is 32.0. The summed E-state index contributed by atoms with van der Waals surface area (Å²) in [5.74, 6) is -1.22. The van der Waals surface area contributed by atoms with Crippen molar-refractivity contribution < 1.29 is 23.8 Å². The Labute approximate surface area is 93.4 Å². The van der Waals surface area contributed by atoms with E-state index in [4.69, 9.17) is 9.47 Å². The first-order valence-electron chi connectivity index (χ1n) is 5.29. The molecule has 0 aromatic carbocycles. The molecule has 0 amide bonds. The highest BCUT2D eigenvalue weighted by Gasteiger charge is 2.46. The van der Waals surface area contributed by atoms with Crippen LogP contribution in [0.25, 0.3) is 0 Å². The average molecular weight is 226 g/mol. The van der Waals surface area contributed by atoms with E-state index >= 15 is 0 Å². The molecule has 5 heteroatoms. The van der Waals surface area contributed by atoms with Gasteiger partial charge >= 0.3 is 11.9 Å². The fourth-order valence-electron chi connectivity index (χ4n) is 2.15. The van der Waals surface area contributed by atoms with Gasteiger partial charge in [-0.25, -0.2) is 4.79 Å². The van der Waals surface area contributed by atoms with Crippen LogP contribution in [0.15, 0.2) is 11.6 Å². The van der Waals surface area contributed by atoms with Crippen molar-refractivity contribution in [2.75, 3.05) is 13.7 Å². The second-order valence-corrected chi connectivity index (χ2v) is 3.79. The van der Waals surface area contributed by atoms with Gasteiger partial charge in [0.05, 0.1) is 18.8 Å². The quantitative estimate of drug-likeness (QED) is 0.653. The van der Waals surface area contributed by atoms with Crippen LogP contribution >= 0.6 is 0 Å². The van der Waals surface area contributed by atoms with E-state index in [1.54, 1.807) is 6.08 Å². The summed E-state index contributed by atoms with van der Waals surface area (Å²) >= 11 is 0. The Balaban J connectivity index is 2.22. The average Bonchev–Trinajstić information content (AvgIpc) is 2.28. The Morgan fingerprint density at radius 1 is 1.62 bits per heavy atom. The molecule has 3 aliphatic rings. The molecular weight excluding hydrogens is 212 g/mol. The fraction of sp³-hybridized carbons (Fsp3) is 0.636. The highest BCUT2D eigenvalue weighted by atomic mass is 16.6. The van der Waals surface area contributed by atoms with E-state index in [1.807, 2.05) is 6.92 Å². The van der Waals surface area contributed by atoms with Gasteiger partial charge in [-0.15, -0.1) is 0 Å². The molecule has 0 unspecified atom stereocenters. The number of carbonyl (C=O) groups excluding carboxylic acids is 2. The molecule has 2 heterocycles. The molecule has 3 atom stereocenters. The van der Waals surface area contributed by atoms with Crippen molar-refractivity contribution in [3.05, 3.63) is 11.6 Å². The molecule has 0 aromatic heterocycles. The smallest absolute Gasteiger partial charge is 0.337 e. The van der Waals surface area contributed by atoms with Gasteiger partial charge < -0.3 is 14.2 Å². The minimum atomic E-state index is -0.513. The Morgan fingerprint density at radius 3 is 2.94 bits per heavy atom. The van der Waals surface area contributed by atoms with Crippen LogP contribution in [0.1, 0.15) is 13.3 Å². The summed E-state index contributed by atoms with van der Waals surface area (Å²) in [4.78, 5) is 22.9. The lowest BCUT2D eigenvalue weighted by Gasteiger charge is -2.38. The lowest BCUT2D eigenvalue weighted by molar-refractivity contribution is -0.171. The van der Waals surface area contributed by atoms with E-state index in [1.165, 1.54) is 7.11 Å². The van der Waals surface area contributed by atoms with Gasteiger partial charge in [0.15, 0.2) is 0 Å². The summed E-state index contributed by atoms with van der Waals surface area (Å²) in [5.41, 5.74) is 0.433. The third-order valence-corrected chi connectivity index (χ3v) is 2.89. The summed E-state index contributed by atoms with van der Waals surface area (Å²) < 4.78 is 15.2. The maximum Gasteiger partial charge on any atom is 0.337 e. The molecule has 16 heavy (non-hydrogen) atoms. The number of rotatable bonds is 3. The molecular formula is C11H14O5. The van der Waals surface area contributed by atoms with Crippen LogP contribution in [0, 0.1) is 5.92 Å². The second-order valence-electron chi connectivity index (χ2n) is 3.79. The maximum atomic E-state index is 11.5. The number of methoxy groups -OCH3 is 1. The molecule has 2 bridgehead atoms. The zero-order valence-corrected chi connectivity index (χ0v) is 9.26. The van der Waals surface area contributed by atoms with Crippen molar-refractivity contribution in [1.29, 1.82) is 0 Å². The van der Waals surface area contributed by atoms with E-state index in [2.05, 4.69) is 4.74 Å². The van der Waals surface area contributed by atoms with E-state index < -0.39 is 18.0 Å². The highest BCUT2D eigenvalue weighted by molar-refractivity contribution is 5.93. The number of carbonyl (C=O) groups is 2. The summed E-state index contributed by atoms with van der Waals surface area (Å²) in [6, 6.07) is 0. The van der Waals surface area contributed by atoms with E-state index in [0.717, 1.165) is 0 Å². The number of esters is 2. The lowest BCUT2D eigenvalue weighted by Crippen LogP contribution is -2.48. The van der Waals surface area contributed by atoms with Crippen LogP contribution < -0.4 is 0 Å². The Kier molecular flexibility index (Phi) is 2.96. The first kappa shape index (κ1) is 11.1. The number of hydrogen-bond acceptors (Lipinski definition) is 5. The molecule has 3 rings (SSSR count). The van der Waals surface area contributed by atoms with Crippen LogP contribution in [0.4, 0.5) is 0 Å². The van der Waals surface area contributed by atoms with Gasteiger partial charge in [0.2, 0.25) is 0 Å². The second kappa shape index (κ2) is 4.25. The van der Waals surface area contributed by atoms with Crippen molar-refractivity contribution in [2.24, 2.45) is 5.92 Å². The predicted molar refractivity (Wildman–Crippen MR) is 53.5 cm³/mol. The van der Waals surface area contributed by atoms with Crippen LogP contribution in [0.3, 0.4) is 0 Å². The number of hydrogen-bond donors (Lipinski definition) is 0. The van der Waals surface area contributed by atoms with Crippen molar-refractivity contribution in [1.82, 2.24) is 0 Å². The molecule has 0 N–H and O–H groups in total. The van der Waals surface area contributed by atoms with Gasteiger partial charge in [0, 0.05) is 13.0 Å². The summed E-state index contributed by atoms with van der Waals surface area (Å²) in [5, 5.41) is 0. The first-order valence-corrected chi connectivity index (χ1v) is 5.29. The van der Waals surface area contributed by atoms with Crippen molar-refractivity contribution in [3.8, 4) is 0 Å². The molecule has 1 fully saturated rings. The van der Waals surface area contributed by atoms with E-state index in [0.29, 0.717) is 18.6 Å². The van der Waals surface area contributed by atoms with Gasteiger partial charge in [-0.05, 0) is 6.92 Å². The summed E-state index contributed by atoms with van der Waals surface area (Å²) in [6.45, 7) is 2.42. The number of fused-ring (bicyclic) bond motifs is 2. The van der Waals surface area contributed by atoms with Gasteiger partial charge in [0.25, 0.3) is 0 Å². The monoisotopic (exact) mass is 226 g/mol. The van der Waals surface area contributed by atoms with Crippen molar-refractivity contribution in [3.63, 3.8) is 0 Å². The molecule has 5 nitrogen and oxygen atoms in total. The highest BCUT2D eigenvalue weighted by Crippen LogP contribution is 2.35. The van der Waals surface area contributed by atoms with Crippen LogP contribution in [-0.2, 0) is 23.8 Å². The predicted octanol–water partition coefficient (Wildman–Crippen LogP) is 0.436. The molecule has 0 saturated carbocycles. The summed E-state index contributed by atoms with van der Waals surface area (Å²) in [6.07, 6.45) is 1.46. The zero-order chi connectivity index (χ0) is 11.7. The minimum absolute atomic E-state index is 0.176. The number of ether oxygens (including phenoxy) is 3. The van der Waals surface area contributed by atoms with Crippen molar-refractivity contribution in [2.45, 2.75) is 25.6 Å². The molecule has 0 spiro atoms. The zero-order valence-electron chi connectivity index (χ0n) is 9.26. The topological polar surface area (TPSA) is 61.8 Å².